The Balaban J connectivity index is 2.63. The van der Waals surface area contributed by atoms with Crippen LogP contribution in [-0.4, -0.2) is 41.1 Å². The maximum absolute atomic E-state index is 12.4. The lowest BCUT2D eigenvalue weighted by Crippen LogP contribution is -2.49. The van der Waals surface area contributed by atoms with Crippen LogP contribution in [0.25, 0.3) is 0 Å². The van der Waals surface area contributed by atoms with Gasteiger partial charge in [-0.3, -0.25) is 14.9 Å². The number of hydrogen-bond donors (Lipinski definition) is 2. The first-order valence-corrected chi connectivity index (χ1v) is 8.61. The summed E-state index contributed by atoms with van der Waals surface area (Å²) in [5.74, 6) is -1.50. The van der Waals surface area contributed by atoms with E-state index in [0.717, 1.165) is 0 Å². The number of carbonyl (C=O) groups excluding carboxylic acids is 3. The number of nitrogens with one attached hydrogen (secondary N) is 2. The maximum atomic E-state index is 12.4. The van der Waals surface area contributed by atoms with Crippen molar-refractivity contribution in [3.8, 4) is 5.75 Å². The van der Waals surface area contributed by atoms with Crippen LogP contribution >= 0.6 is 0 Å². The zero-order chi connectivity index (χ0) is 21.5. The minimum atomic E-state index is -0.969. The predicted molar refractivity (Wildman–Crippen MR) is 99.7 cm³/mol. The fraction of sp³-hybridized carbons (Fsp3) is 0.500. The third kappa shape index (κ3) is 8.02. The van der Waals surface area contributed by atoms with Crippen LogP contribution in [0.5, 0.6) is 5.75 Å². The fourth-order valence-corrected chi connectivity index (χ4v) is 2.00. The molecule has 0 saturated heterocycles. The zero-order valence-corrected chi connectivity index (χ0v) is 16.5. The van der Waals surface area contributed by atoms with Crippen LogP contribution in [0, 0.1) is 16.0 Å². The van der Waals surface area contributed by atoms with Gasteiger partial charge < -0.3 is 20.1 Å². The molecule has 0 aliphatic carbocycles. The number of nitrogens with zero attached hydrogens (tertiary/aromatic N) is 1. The lowest BCUT2D eigenvalue weighted by atomic mass is 10.0. The number of nitro benzene ring substituents is 1. The molecule has 28 heavy (non-hydrogen) atoms. The van der Waals surface area contributed by atoms with Crippen LogP contribution in [0.2, 0.25) is 0 Å². The van der Waals surface area contributed by atoms with Crippen molar-refractivity contribution in [3.63, 3.8) is 0 Å². The number of carbonyl (C=O) groups is 3. The normalized spacial score (nSPS) is 12.1. The SMILES string of the molecule is CC(C)C(NC(=O)CNC(=O)OC(C)(C)C)C(=O)Oc1ccc([N+](=O)[O-])cc1. The topological polar surface area (TPSA) is 137 Å². The second-order valence-corrected chi connectivity index (χ2v) is 7.32. The number of ether oxygens (including phenoxy) is 2. The molecule has 10 heteroatoms. The van der Waals surface area contributed by atoms with E-state index in [4.69, 9.17) is 9.47 Å². The Morgan fingerprint density at radius 2 is 1.71 bits per heavy atom. The molecule has 2 N–H and O–H groups in total. The molecule has 0 saturated carbocycles. The van der Waals surface area contributed by atoms with Crippen molar-refractivity contribution in [1.82, 2.24) is 10.6 Å². The molecule has 0 heterocycles. The van der Waals surface area contributed by atoms with Crippen LogP contribution < -0.4 is 15.4 Å². The molecule has 10 nitrogen and oxygen atoms in total. The van der Waals surface area contributed by atoms with E-state index in [1.54, 1.807) is 34.6 Å². The molecule has 1 atom stereocenters. The van der Waals surface area contributed by atoms with E-state index in [-0.39, 0.29) is 23.9 Å². The summed E-state index contributed by atoms with van der Waals surface area (Å²) in [4.78, 5) is 46.1. The summed E-state index contributed by atoms with van der Waals surface area (Å²) in [5, 5.41) is 15.4. The van der Waals surface area contributed by atoms with Crippen molar-refractivity contribution in [2.75, 3.05) is 6.54 Å². The Labute approximate surface area is 162 Å². The number of rotatable bonds is 7. The van der Waals surface area contributed by atoms with Crippen molar-refractivity contribution in [3.05, 3.63) is 34.4 Å². The first kappa shape index (κ1) is 22.9. The van der Waals surface area contributed by atoms with Gasteiger partial charge in [0.1, 0.15) is 23.9 Å². The highest BCUT2D eigenvalue weighted by Gasteiger charge is 2.27. The molecule has 0 aromatic heterocycles. The summed E-state index contributed by atoms with van der Waals surface area (Å²) in [6.07, 6.45) is -0.753. The Kier molecular flexibility index (Phi) is 7.90. The van der Waals surface area contributed by atoms with Gasteiger partial charge in [-0.05, 0) is 38.8 Å². The molecule has 154 valence electrons. The van der Waals surface area contributed by atoms with Crippen LogP contribution in [0.15, 0.2) is 24.3 Å². The van der Waals surface area contributed by atoms with Crippen LogP contribution in [0.4, 0.5) is 10.5 Å². The Morgan fingerprint density at radius 1 is 1.14 bits per heavy atom. The number of esters is 1. The molecule has 1 aromatic carbocycles. The molecule has 0 bridgehead atoms. The highest BCUT2D eigenvalue weighted by molar-refractivity contribution is 5.88. The average Bonchev–Trinajstić information content (AvgIpc) is 2.56. The summed E-state index contributed by atoms with van der Waals surface area (Å²) in [7, 11) is 0. The monoisotopic (exact) mass is 395 g/mol. The number of non-ortho nitro benzene ring substituents is 1. The molecule has 0 radical (unpaired) electrons. The lowest BCUT2D eigenvalue weighted by molar-refractivity contribution is -0.384. The highest BCUT2D eigenvalue weighted by atomic mass is 16.6. The number of nitro groups is 1. The Bertz CT molecular complexity index is 724. The Hall–Kier alpha value is -3.17. The molecule has 0 aliphatic heterocycles. The first-order chi connectivity index (χ1) is 12.9. The second-order valence-electron chi connectivity index (χ2n) is 7.32. The third-order valence-corrected chi connectivity index (χ3v) is 3.30. The second kappa shape index (κ2) is 9.67. The maximum Gasteiger partial charge on any atom is 0.408 e. The van der Waals surface area contributed by atoms with Gasteiger partial charge in [-0.15, -0.1) is 0 Å². The molecule has 0 aliphatic rings. The lowest BCUT2D eigenvalue weighted by Gasteiger charge is -2.22. The zero-order valence-electron chi connectivity index (χ0n) is 16.5. The number of benzene rings is 1. The highest BCUT2D eigenvalue weighted by Crippen LogP contribution is 2.18. The summed E-state index contributed by atoms with van der Waals surface area (Å²) >= 11 is 0. The smallest absolute Gasteiger partial charge is 0.408 e. The predicted octanol–water partition coefficient (Wildman–Crippen LogP) is 2.17. The van der Waals surface area contributed by atoms with E-state index in [9.17, 15) is 24.5 Å². The Morgan fingerprint density at radius 3 is 2.18 bits per heavy atom. The van der Waals surface area contributed by atoms with Crippen molar-refractivity contribution in [1.29, 1.82) is 0 Å². The van der Waals surface area contributed by atoms with Crippen molar-refractivity contribution >= 4 is 23.7 Å². The van der Waals surface area contributed by atoms with Gasteiger partial charge in [-0.2, -0.15) is 0 Å². The van der Waals surface area contributed by atoms with Gasteiger partial charge in [-0.1, -0.05) is 13.8 Å². The van der Waals surface area contributed by atoms with E-state index in [2.05, 4.69) is 10.6 Å². The quantitative estimate of drug-likeness (QED) is 0.312. The van der Waals surface area contributed by atoms with Gasteiger partial charge in [0.15, 0.2) is 0 Å². The van der Waals surface area contributed by atoms with E-state index >= 15 is 0 Å². The van der Waals surface area contributed by atoms with E-state index in [1.807, 2.05) is 0 Å². The summed E-state index contributed by atoms with van der Waals surface area (Å²) in [6, 6.07) is 4.02. The fourth-order valence-electron chi connectivity index (χ4n) is 2.00. The number of hydrogen-bond acceptors (Lipinski definition) is 7. The number of alkyl carbamates (subject to hydrolysis) is 1. The van der Waals surface area contributed by atoms with E-state index in [0.29, 0.717) is 0 Å². The minimum Gasteiger partial charge on any atom is -0.444 e. The van der Waals surface area contributed by atoms with Crippen LogP contribution in [0.1, 0.15) is 34.6 Å². The van der Waals surface area contributed by atoms with Crippen molar-refractivity contribution in [2.45, 2.75) is 46.3 Å². The minimum absolute atomic E-state index is 0.113. The van der Waals surface area contributed by atoms with Gasteiger partial charge in [0.05, 0.1) is 4.92 Å². The molecular formula is C18H25N3O7. The number of amides is 2. The van der Waals surface area contributed by atoms with Crippen LogP contribution in [-0.2, 0) is 14.3 Å². The largest absolute Gasteiger partial charge is 0.444 e. The summed E-state index contributed by atoms with van der Waals surface area (Å²) in [5.41, 5.74) is -0.836. The molecular weight excluding hydrogens is 370 g/mol. The van der Waals surface area contributed by atoms with Gasteiger partial charge in [0, 0.05) is 12.1 Å². The summed E-state index contributed by atoms with van der Waals surface area (Å²) < 4.78 is 10.2. The molecule has 0 spiro atoms. The van der Waals surface area contributed by atoms with Gasteiger partial charge in [0.2, 0.25) is 5.91 Å². The molecule has 1 rings (SSSR count). The molecule has 1 aromatic rings. The van der Waals surface area contributed by atoms with Crippen LogP contribution in [0.3, 0.4) is 0 Å². The van der Waals surface area contributed by atoms with Crippen molar-refractivity contribution < 1.29 is 28.8 Å². The molecule has 0 fully saturated rings. The first-order valence-electron chi connectivity index (χ1n) is 8.61. The van der Waals surface area contributed by atoms with Crippen molar-refractivity contribution in [2.24, 2.45) is 5.92 Å². The average molecular weight is 395 g/mol. The van der Waals surface area contributed by atoms with E-state index < -0.39 is 34.5 Å². The molecule has 2 amide bonds. The van der Waals surface area contributed by atoms with Gasteiger partial charge in [0.25, 0.3) is 5.69 Å². The third-order valence-electron chi connectivity index (χ3n) is 3.30. The van der Waals surface area contributed by atoms with Gasteiger partial charge >= 0.3 is 12.1 Å². The standard InChI is InChI=1S/C18H25N3O7/c1-11(2)15(20-14(22)10-19-17(24)28-18(3,4)5)16(23)27-13-8-6-12(7-9-13)21(25)26/h6-9,11,15H,10H2,1-5H3,(H,19,24)(H,20,22). The van der Waals surface area contributed by atoms with Gasteiger partial charge in [-0.25, -0.2) is 9.59 Å². The van der Waals surface area contributed by atoms with E-state index in [1.165, 1.54) is 24.3 Å². The summed E-state index contributed by atoms with van der Waals surface area (Å²) in [6.45, 7) is 8.12. The molecule has 1 unspecified atom stereocenters.